The maximum absolute atomic E-state index is 8.89. The van der Waals surface area contributed by atoms with Crippen molar-refractivity contribution in [2.75, 3.05) is 19.3 Å². The molecule has 0 saturated heterocycles. The van der Waals surface area contributed by atoms with Gasteiger partial charge >= 0.3 is 0 Å². The molecule has 1 N–H and O–H groups in total. The second-order valence-electron chi connectivity index (χ2n) is 5.52. The molecule has 0 heterocycles. The Morgan fingerprint density at radius 3 is 2.56 bits per heavy atom. The molecule has 0 atom stereocenters. The second-order valence-corrected chi connectivity index (χ2v) is 6.79. The van der Waals surface area contributed by atoms with Gasteiger partial charge in [-0.2, -0.15) is 17.0 Å². The van der Waals surface area contributed by atoms with Crippen LogP contribution >= 0.6 is 11.8 Å². The lowest BCUT2D eigenvalue weighted by molar-refractivity contribution is 0.340. The summed E-state index contributed by atoms with van der Waals surface area (Å²) in [5.41, 5.74) is -0.157. The van der Waals surface area contributed by atoms with Crippen molar-refractivity contribution < 1.29 is 0 Å². The minimum absolute atomic E-state index is 0.157. The highest BCUT2D eigenvalue weighted by Gasteiger charge is 2.35. The summed E-state index contributed by atoms with van der Waals surface area (Å²) in [5, 5.41) is 12.4. The van der Waals surface area contributed by atoms with Crippen LogP contribution in [0.25, 0.3) is 0 Å². The van der Waals surface area contributed by atoms with E-state index >= 15 is 0 Å². The minimum atomic E-state index is -0.157. The lowest BCUT2D eigenvalue weighted by Gasteiger charge is -2.40. The van der Waals surface area contributed by atoms with Crippen molar-refractivity contribution in [2.45, 2.75) is 50.7 Å². The lowest BCUT2D eigenvalue weighted by Crippen LogP contribution is -2.43. The van der Waals surface area contributed by atoms with E-state index in [1.54, 1.807) is 0 Å². The lowest BCUT2D eigenvalue weighted by atomic mass is 9.84. The molecule has 0 aromatic carbocycles. The number of nitriles is 1. The summed E-state index contributed by atoms with van der Waals surface area (Å²) in [7, 11) is 0. The molecule has 0 aromatic rings. The highest BCUT2D eigenvalue weighted by Crippen LogP contribution is 2.42. The normalized spacial score (nSPS) is 18.9. The minimum Gasteiger partial charge on any atom is -0.315 e. The Kier molecular flexibility index (Phi) is 5.14. The zero-order valence-electron chi connectivity index (χ0n) is 10.8. The summed E-state index contributed by atoms with van der Waals surface area (Å²) in [6.07, 6.45) is 8.44. The molecule has 16 heavy (non-hydrogen) atoms. The highest BCUT2D eigenvalue weighted by molar-refractivity contribution is 8.00. The van der Waals surface area contributed by atoms with Gasteiger partial charge in [-0.3, -0.25) is 0 Å². The fourth-order valence-electron chi connectivity index (χ4n) is 2.05. The predicted molar refractivity (Wildman–Crippen MR) is 71.6 cm³/mol. The standard InChI is InChI=1S/C13H24N2S/c1-12(2,10-14)6-5-9-15-11-13(16-3)7-4-8-13/h15H,4-9,11H2,1-3H3. The Bertz CT molecular complexity index is 246. The molecule has 0 aromatic heterocycles. The van der Waals surface area contributed by atoms with Crippen molar-refractivity contribution in [1.82, 2.24) is 5.32 Å². The van der Waals surface area contributed by atoms with Gasteiger partial charge in [0.1, 0.15) is 0 Å². The number of rotatable bonds is 7. The number of nitrogens with one attached hydrogen (secondary N) is 1. The Balaban J connectivity index is 2.06. The smallest absolute Gasteiger partial charge is 0.0683 e. The van der Waals surface area contributed by atoms with Gasteiger partial charge in [-0.25, -0.2) is 0 Å². The number of hydrogen-bond donors (Lipinski definition) is 1. The van der Waals surface area contributed by atoms with Crippen LogP contribution in [0, 0.1) is 16.7 Å². The number of thioether (sulfide) groups is 1. The van der Waals surface area contributed by atoms with Gasteiger partial charge in [0, 0.05) is 11.3 Å². The molecular weight excluding hydrogens is 216 g/mol. The van der Waals surface area contributed by atoms with Crippen molar-refractivity contribution in [1.29, 1.82) is 5.26 Å². The van der Waals surface area contributed by atoms with Gasteiger partial charge in [-0.05, 0) is 52.3 Å². The molecule has 0 amide bonds. The zero-order chi connectivity index (χ0) is 12.1. The van der Waals surface area contributed by atoms with Crippen molar-refractivity contribution >= 4 is 11.8 Å². The Morgan fingerprint density at radius 1 is 1.44 bits per heavy atom. The zero-order valence-corrected chi connectivity index (χ0v) is 11.6. The first kappa shape index (κ1) is 13.9. The molecule has 0 spiro atoms. The Morgan fingerprint density at radius 2 is 2.12 bits per heavy atom. The van der Waals surface area contributed by atoms with E-state index in [0.717, 1.165) is 25.9 Å². The van der Waals surface area contributed by atoms with Crippen LogP contribution in [0.15, 0.2) is 0 Å². The summed E-state index contributed by atoms with van der Waals surface area (Å²) in [6.45, 7) is 6.22. The molecule has 1 aliphatic carbocycles. The maximum Gasteiger partial charge on any atom is 0.0683 e. The van der Waals surface area contributed by atoms with Gasteiger partial charge in [-0.1, -0.05) is 6.42 Å². The van der Waals surface area contributed by atoms with Crippen molar-refractivity contribution in [3.8, 4) is 6.07 Å². The second kappa shape index (κ2) is 5.93. The van der Waals surface area contributed by atoms with Crippen LogP contribution in [0.1, 0.15) is 46.0 Å². The van der Waals surface area contributed by atoms with Gasteiger partial charge in [0.15, 0.2) is 0 Å². The first-order valence-electron chi connectivity index (χ1n) is 6.21. The molecule has 1 saturated carbocycles. The van der Waals surface area contributed by atoms with E-state index in [4.69, 9.17) is 5.26 Å². The predicted octanol–water partition coefficient (Wildman–Crippen LogP) is 3.19. The number of nitrogens with zero attached hydrogens (tertiary/aromatic N) is 1. The fraction of sp³-hybridized carbons (Fsp3) is 0.923. The number of hydrogen-bond acceptors (Lipinski definition) is 3. The topological polar surface area (TPSA) is 35.8 Å². The van der Waals surface area contributed by atoms with E-state index in [2.05, 4.69) is 17.6 Å². The van der Waals surface area contributed by atoms with Gasteiger partial charge in [-0.15, -0.1) is 0 Å². The molecule has 0 aliphatic heterocycles. The van der Waals surface area contributed by atoms with E-state index in [1.807, 2.05) is 25.6 Å². The van der Waals surface area contributed by atoms with Gasteiger partial charge < -0.3 is 5.32 Å². The van der Waals surface area contributed by atoms with E-state index in [9.17, 15) is 0 Å². The largest absolute Gasteiger partial charge is 0.315 e. The molecule has 3 heteroatoms. The van der Waals surface area contributed by atoms with Crippen molar-refractivity contribution in [2.24, 2.45) is 5.41 Å². The maximum atomic E-state index is 8.89. The van der Waals surface area contributed by atoms with Gasteiger partial charge in [0.25, 0.3) is 0 Å². The van der Waals surface area contributed by atoms with Crippen LogP contribution in [-0.2, 0) is 0 Å². The fourth-order valence-corrected chi connectivity index (χ4v) is 2.99. The van der Waals surface area contributed by atoms with Crippen LogP contribution in [-0.4, -0.2) is 24.1 Å². The highest BCUT2D eigenvalue weighted by atomic mass is 32.2. The average Bonchev–Trinajstić information content (AvgIpc) is 2.21. The summed E-state index contributed by atoms with van der Waals surface area (Å²) in [4.78, 5) is 0. The molecule has 0 unspecified atom stereocenters. The molecule has 92 valence electrons. The van der Waals surface area contributed by atoms with Gasteiger partial charge in [0.05, 0.1) is 11.5 Å². The monoisotopic (exact) mass is 240 g/mol. The van der Waals surface area contributed by atoms with Gasteiger partial charge in [0.2, 0.25) is 0 Å². The molecule has 1 aliphatic rings. The SMILES string of the molecule is CSC1(CNCCCC(C)(C)C#N)CCC1. The van der Waals surface area contributed by atoms with E-state index in [-0.39, 0.29) is 5.41 Å². The van der Waals surface area contributed by atoms with E-state index in [0.29, 0.717) is 4.75 Å². The average molecular weight is 240 g/mol. The summed E-state index contributed by atoms with van der Waals surface area (Å²) in [6, 6.07) is 2.35. The third kappa shape index (κ3) is 3.99. The quantitative estimate of drug-likeness (QED) is 0.694. The molecule has 2 nitrogen and oxygen atoms in total. The van der Waals surface area contributed by atoms with Crippen molar-refractivity contribution in [3.63, 3.8) is 0 Å². The third-order valence-corrected chi connectivity index (χ3v) is 5.02. The summed E-state index contributed by atoms with van der Waals surface area (Å²) in [5.74, 6) is 0. The molecule has 0 radical (unpaired) electrons. The Labute approximate surface area is 104 Å². The third-order valence-electron chi connectivity index (χ3n) is 3.60. The van der Waals surface area contributed by atoms with Crippen LogP contribution in [0.5, 0.6) is 0 Å². The first-order chi connectivity index (χ1) is 7.54. The first-order valence-corrected chi connectivity index (χ1v) is 7.43. The van der Waals surface area contributed by atoms with Crippen LogP contribution in [0.3, 0.4) is 0 Å². The molecule has 1 fully saturated rings. The molecular formula is C13H24N2S. The van der Waals surface area contributed by atoms with Crippen LogP contribution in [0.2, 0.25) is 0 Å². The molecule has 1 rings (SSSR count). The van der Waals surface area contributed by atoms with E-state index < -0.39 is 0 Å². The van der Waals surface area contributed by atoms with Crippen molar-refractivity contribution in [3.05, 3.63) is 0 Å². The van der Waals surface area contributed by atoms with E-state index in [1.165, 1.54) is 19.3 Å². The summed E-state index contributed by atoms with van der Waals surface area (Å²) >= 11 is 2.01. The van der Waals surface area contributed by atoms with Crippen LogP contribution < -0.4 is 5.32 Å². The summed E-state index contributed by atoms with van der Waals surface area (Å²) < 4.78 is 0.532. The Hall–Kier alpha value is -0.200. The van der Waals surface area contributed by atoms with Crippen LogP contribution in [0.4, 0.5) is 0 Å². The molecule has 0 bridgehead atoms.